The summed E-state index contributed by atoms with van der Waals surface area (Å²) in [6.45, 7) is 8.10. The average Bonchev–Trinajstić information content (AvgIpc) is 2.07. The van der Waals surface area contributed by atoms with Crippen LogP contribution in [0.4, 0.5) is 0 Å². The lowest BCUT2D eigenvalue weighted by molar-refractivity contribution is -0.00356. The topological polar surface area (TPSA) is 32.7 Å². The molecule has 66 valence electrons. The van der Waals surface area contributed by atoms with Crippen LogP contribution in [0, 0.1) is 0 Å². The smallest absolute Gasteiger partial charge is 0.125 e. The summed E-state index contributed by atoms with van der Waals surface area (Å²) in [4.78, 5) is 0. The van der Waals surface area contributed by atoms with E-state index in [9.17, 15) is 5.21 Å². The molecule has 1 heterocycles. The van der Waals surface area contributed by atoms with Crippen LogP contribution in [0.5, 0.6) is 0 Å². The van der Waals surface area contributed by atoms with Crippen LogP contribution in [-0.2, 0) is 4.74 Å². The van der Waals surface area contributed by atoms with Crippen molar-refractivity contribution < 1.29 is 9.94 Å². The fraction of sp³-hybridized carbons (Fsp3) is 0.333. The largest absolute Gasteiger partial charge is 0.493 e. The van der Waals surface area contributed by atoms with E-state index in [4.69, 9.17) is 4.74 Å². The summed E-state index contributed by atoms with van der Waals surface area (Å²) in [5.74, 6) is 0.771. The van der Waals surface area contributed by atoms with Gasteiger partial charge in [-0.2, -0.15) is 0 Å². The number of ether oxygens (including phenoxy) is 1. The molecule has 0 unspecified atom stereocenters. The fourth-order valence-electron chi connectivity index (χ4n) is 0.979. The minimum Gasteiger partial charge on any atom is -0.493 e. The molecule has 1 aliphatic rings. The van der Waals surface area contributed by atoms with Gasteiger partial charge in [-0.05, 0) is 19.9 Å². The second-order valence-electron chi connectivity index (χ2n) is 2.53. The Hall–Kier alpha value is -1.22. The predicted octanol–water partition coefficient (Wildman–Crippen LogP) is 2.03. The molecule has 0 saturated carbocycles. The van der Waals surface area contributed by atoms with Gasteiger partial charge in [0.15, 0.2) is 0 Å². The van der Waals surface area contributed by atoms with Gasteiger partial charge in [0.25, 0.3) is 0 Å². The summed E-state index contributed by atoms with van der Waals surface area (Å²) in [5, 5.41) is 10.2. The molecule has 0 aromatic carbocycles. The molecule has 1 N–H and O–H groups in total. The number of nitrogens with zero attached hydrogens (tertiary/aromatic N) is 1. The van der Waals surface area contributed by atoms with Gasteiger partial charge in [-0.15, -0.1) is 0 Å². The zero-order chi connectivity index (χ0) is 9.14. The lowest BCUT2D eigenvalue weighted by Crippen LogP contribution is -2.16. The van der Waals surface area contributed by atoms with E-state index in [0.29, 0.717) is 12.3 Å². The first kappa shape index (κ1) is 8.87. The van der Waals surface area contributed by atoms with Crippen molar-refractivity contribution in [2.24, 2.45) is 0 Å². The maximum Gasteiger partial charge on any atom is 0.125 e. The summed E-state index contributed by atoms with van der Waals surface area (Å²) < 4.78 is 5.31. The van der Waals surface area contributed by atoms with Gasteiger partial charge in [0.05, 0.1) is 12.3 Å². The molecule has 3 heteroatoms. The Morgan fingerprint density at radius 2 is 2.33 bits per heavy atom. The van der Waals surface area contributed by atoms with Gasteiger partial charge in [0.1, 0.15) is 5.76 Å². The van der Waals surface area contributed by atoms with Gasteiger partial charge in [0.2, 0.25) is 0 Å². The van der Waals surface area contributed by atoms with Crippen molar-refractivity contribution >= 4 is 0 Å². The lowest BCUT2D eigenvalue weighted by Gasteiger charge is -2.21. The molecule has 0 amide bonds. The summed E-state index contributed by atoms with van der Waals surface area (Å²) in [6, 6.07) is 0. The SMILES string of the molecule is C=C1C(C)=C(OCC)C=CN1O. The van der Waals surface area contributed by atoms with E-state index in [1.54, 1.807) is 6.08 Å². The van der Waals surface area contributed by atoms with Crippen molar-refractivity contribution in [2.45, 2.75) is 13.8 Å². The highest BCUT2D eigenvalue weighted by Gasteiger charge is 2.13. The van der Waals surface area contributed by atoms with E-state index in [1.807, 2.05) is 13.8 Å². The van der Waals surface area contributed by atoms with Crippen LogP contribution in [0.3, 0.4) is 0 Å². The number of hydrogen-bond donors (Lipinski definition) is 1. The van der Waals surface area contributed by atoms with Crippen molar-refractivity contribution in [2.75, 3.05) is 6.61 Å². The quantitative estimate of drug-likeness (QED) is 0.683. The third-order valence-electron chi connectivity index (χ3n) is 1.75. The molecule has 0 bridgehead atoms. The van der Waals surface area contributed by atoms with E-state index < -0.39 is 0 Å². The van der Waals surface area contributed by atoms with Gasteiger partial charge in [-0.1, -0.05) is 6.58 Å². The van der Waals surface area contributed by atoms with Crippen LogP contribution in [0.1, 0.15) is 13.8 Å². The van der Waals surface area contributed by atoms with E-state index >= 15 is 0 Å². The van der Waals surface area contributed by atoms with Crippen LogP contribution in [0.25, 0.3) is 0 Å². The molecule has 1 aliphatic heterocycles. The van der Waals surface area contributed by atoms with Gasteiger partial charge in [-0.25, -0.2) is 5.06 Å². The molecule has 0 aromatic rings. The zero-order valence-electron chi connectivity index (χ0n) is 7.37. The highest BCUT2D eigenvalue weighted by Crippen LogP contribution is 2.22. The number of hydroxylamine groups is 2. The highest BCUT2D eigenvalue weighted by atomic mass is 16.5. The highest BCUT2D eigenvalue weighted by molar-refractivity contribution is 5.36. The molecular weight excluding hydrogens is 154 g/mol. The second kappa shape index (κ2) is 3.45. The normalized spacial score (nSPS) is 17.2. The van der Waals surface area contributed by atoms with Crippen LogP contribution in [0.15, 0.2) is 35.9 Å². The Balaban J connectivity index is 2.86. The molecule has 1 rings (SSSR count). The van der Waals surface area contributed by atoms with Crippen LogP contribution < -0.4 is 0 Å². The molecule has 0 fully saturated rings. The molecule has 0 aliphatic carbocycles. The first-order chi connectivity index (χ1) is 5.66. The second-order valence-corrected chi connectivity index (χ2v) is 2.53. The fourth-order valence-corrected chi connectivity index (χ4v) is 0.979. The van der Waals surface area contributed by atoms with E-state index in [0.717, 1.165) is 16.4 Å². The van der Waals surface area contributed by atoms with Gasteiger partial charge in [0, 0.05) is 11.8 Å². The van der Waals surface area contributed by atoms with Crippen LogP contribution in [-0.4, -0.2) is 16.9 Å². The van der Waals surface area contributed by atoms with Crippen molar-refractivity contribution in [3.8, 4) is 0 Å². The molecule has 0 aromatic heterocycles. The van der Waals surface area contributed by atoms with E-state index in [1.165, 1.54) is 6.20 Å². The maximum absolute atomic E-state index is 9.19. The average molecular weight is 167 g/mol. The van der Waals surface area contributed by atoms with Crippen LogP contribution >= 0.6 is 0 Å². The minimum atomic E-state index is 0.556. The maximum atomic E-state index is 9.19. The van der Waals surface area contributed by atoms with Crippen molar-refractivity contribution in [1.82, 2.24) is 5.06 Å². The standard InChI is InChI=1S/C9H13NO2/c1-4-12-9-5-6-10(11)8(3)7(9)2/h5-6,11H,3-4H2,1-2H3. The summed E-state index contributed by atoms with van der Waals surface area (Å²) >= 11 is 0. The van der Waals surface area contributed by atoms with Crippen molar-refractivity contribution in [3.05, 3.63) is 35.9 Å². The Morgan fingerprint density at radius 1 is 1.67 bits per heavy atom. The molecule has 0 spiro atoms. The first-order valence-corrected chi connectivity index (χ1v) is 3.86. The molecule has 12 heavy (non-hydrogen) atoms. The third-order valence-corrected chi connectivity index (χ3v) is 1.75. The number of allylic oxidation sites excluding steroid dienone is 2. The third kappa shape index (κ3) is 1.51. The molecular formula is C9H13NO2. The van der Waals surface area contributed by atoms with Crippen LogP contribution in [0.2, 0.25) is 0 Å². The van der Waals surface area contributed by atoms with Crippen molar-refractivity contribution in [1.29, 1.82) is 0 Å². The van der Waals surface area contributed by atoms with E-state index in [-0.39, 0.29) is 0 Å². The minimum absolute atomic E-state index is 0.556. The number of rotatable bonds is 2. The Morgan fingerprint density at radius 3 is 2.92 bits per heavy atom. The summed E-state index contributed by atoms with van der Waals surface area (Å²) in [6.07, 6.45) is 3.23. The molecule has 0 radical (unpaired) electrons. The van der Waals surface area contributed by atoms with Crippen molar-refractivity contribution in [3.63, 3.8) is 0 Å². The first-order valence-electron chi connectivity index (χ1n) is 3.86. The zero-order valence-corrected chi connectivity index (χ0v) is 7.37. The van der Waals surface area contributed by atoms with Gasteiger partial charge >= 0.3 is 0 Å². The van der Waals surface area contributed by atoms with Gasteiger partial charge < -0.3 is 4.74 Å². The summed E-state index contributed by atoms with van der Waals surface area (Å²) in [7, 11) is 0. The summed E-state index contributed by atoms with van der Waals surface area (Å²) in [5.41, 5.74) is 1.42. The molecule has 3 nitrogen and oxygen atoms in total. The number of hydrogen-bond acceptors (Lipinski definition) is 3. The Labute approximate surface area is 72.2 Å². The Bertz CT molecular complexity index is 253. The molecule has 0 atom stereocenters. The monoisotopic (exact) mass is 167 g/mol. The molecule has 0 saturated heterocycles. The lowest BCUT2D eigenvalue weighted by atomic mass is 10.1. The Kier molecular flexibility index (Phi) is 2.55. The predicted molar refractivity (Wildman–Crippen MR) is 46.2 cm³/mol. The van der Waals surface area contributed by atoms with Gasteiger partial charge in [-0.3, -0.25) is 5.21 Å². The van der Waals surface area contributed by atoms with E-state index in [2.05, 4.69) is 6.58 Å².